The predicted octanol–water partition coefficient (Wildman–Crippen LogP) is 0.597. The van der Waals surface area contributed by atoms with Crippen molar-refractivity contribution < 1.29 is 9.47 Å². The molecular formula is C21H37N7O2. The minimum atomic E-state index is 0.585. The topological polar surface area (TPSA) is 87.1 Å². The Balaban J connectivity index is 1.17. The molecule has 168 valence electrons. The predicted molar refractivity (Wildman–Crippen MR) is 119 cm³/mol. The van der Waals surface area contributed by atoms with Crippen molar-refractivity contribution in [3.63, 3.8) is 0 Å². The Kier molecular flexibility index (Phi) is 10.1. The summed E-state index contributed by atoms with van der Waals surface area (Å²) in [5.74, 6) is 2.29. The summed E-state index contributed by atoms with van der Waals surface area (Å²) < 4.78 is 11.1. The van der Waals surface area contributed by atoms with Crippen LogP contribution in [0.4, 0.5) is 5.95 Å². The van der Waals surface area contributed by atoms with Crippen LogP contribution in [0.2, 0.25) is 0 Å². The summed E-state index contributed by atoms with van der Waals surface area (Å²) in [5, 5.41) is 6.76. The Hall–Kier alpha value is -1.97. The molecule has 30 heavy (non-hydrogen) atoms. The second-order valence-electron chi connectivity index (χ2n) is 7.81. The number of rotatable bonds is 11. The van der Waals surface area contributed by atoms with E-state index in [1.807, 2.05) is 13.1 Å². The maximum Gasteiger partial charge on any atom is 0.225 e. The van der Waals surface area contributed by atoms with Gasteiger partial charge in [-0.1, -0.05) is 0 Å². The van der Waals surface area contributed by atoms with Crippen LogP contribution < -0.4 is 15.5 Å². The van der Waals surface area contributed by atoms with Crippen molar-refractivity contribution in [3.05, 3.63) is 18.5 Å². The first-order chi connectivity index (χ1) is 14.8. The third-order valence-corrected chi connectivity index (χ3v) is 5.51. The largest absolute Gasteiger partial charge is 0.381 e. The van der Waals surface area contributed by atoms with Crippen LogP contribution in [0.5, 0.6) is 0 Å². The smallest absolute Gasteiger partial charge is 0.225 e. The van der Waals surface area contributed by atoms with E-state index in [1.165, 1.54) is 0 Å². The van der Waals surface area contributed by atoms with Crippen molar-refractivity contribution in [1.82, 2.24) is 25.5 Å². The van der Waals surface area contributed by atoms with Crippen LogP contribution in [0, 0.1) is 5.92 Å². The minimum absolute atomic E-state index is 0.585. The van der Waals surface area contributed by atoms with Gasteiger partial charge >= 0.3 is 0 Å². The second-order valence-corrected chi connectivity index (χ2v) is 7.81. The van der Waals surface area contributed by atoms with E-state index in [-0.39, 0.29) is 0 Å². The van der Waals surface area contributed by atoms with E-state index in [0.717, 1.165) is 103 Å². The Bertz CT molecular complexity index is 603. The van der Waals surface area contributed by atoms with Crippen LogP contribution in [0.15, 0.2) is 23.5 Å². The maximum absolute atomic E-state index is 5.74. The minimum Gasteiger partial charge on any atom is -0.381 e. The summed E-state index contributed by atoms with van der Waals surface area (Å²) in [4.78, 5) is 17.7. The molecule has 0 bridgehead atoms. The number of nitrogens with zero attached hydrogens (tertiary/aromatic N) is 5. The van der Waals surface area contributed by atoms with Gasteiger partial charge in [-0.05, 0) is 31.9 Å². The molecule has 2 aliphatic heterocycles. The highest BCUT2D eigenvalue weighted by Crippen LogP contribution is 2.12. The Morgan fingerprint density at radius 2 is 1.93 bits per heavy atom. The highest BCUT2D eigenvalue weighted by molar-refractivity contribution is 5.79. The van der Waals surface area contributed by atoms with Crippen molar-refractivity contribution in [2.75, 3.05) is 84.2 Å². The van der Waals surface area contributed by atoms with Gasteiger partial charge in [-0.2, -0.15) is 0 Å². The molecule has 0 saturated carbocycles. The number of aromatic nitrogens is 2. The Labute approximate surface area is 180 Å². The van der Waals surface area contributed by atoms with E-state index in [0.29, 0.717) is 5.92 Å². The molecular weight excluding hydrogens is 382 g/mol. The van der Waals surface area contributed by atoms with Crippen LogP contribution in [0.25, 0.3) is 0 Å². The molecule has 2 fully saturated rings. The summed E-state index contributed by atoms with van der Waals surface area (Å²) in [6, 6.07) is 1.86. The van der Waals surface area contributed by atoms with Gasteiger partial charge in [0.2, 0.25) is 5.95 Å². The fraction of sp³-hybridized carbons (Fsp3) is 0.762. The Morgan fingerprint density at radius 3 is 2.63 bits per heavy atom. The highest BCUT2D eigenvalue weighted by atomic mass is 16.5. The quantitative estimate of drug-likeness (QED) is 0.306. The summed E-state index contributed by atoms with van der Waals surface area (Å²) in [5.41, 5.74) is 0. The first-order valence-electron chi connectivity index (χ1n) is 11.2. The Morgan fingerprint density at radius 1 is 1.17 bits per heavy atom. The van der Waals surface area contributed by atoms with E-state index >= 15 is 0 Å². The number of hydrogen-bond acceptors (Lipinski definition) is 7. The first-order valence-corrected chi connectivity index (χ1v) is 11.2. The molecule has 0 amide bonds. The standard InChI is InChI=1S/C21H37N7O2/c1-22-20(24-9-4-15-29-17-19-5-16-30-18-19)23-8-3-10-27-11-13-28(14-12-27)21-25-6-2-7-26-21/h2,6-7,19H,3-5,8-18H2,1H3,(H2,22,23,24). The van der Waals surface area contributed by atoms with Crippen molar-refractivity contribution >= 4 is 11.9 Å². The fourth-order valence-electron chi connectivity index (χ4n) is 3.70. The van der Waals surface area contributed by atoms with E-state index in [9.17, 15) is 0 Å². The first kappa shape index (κ1) is 22.7. The van der Waals surface area contributed by atoms with Gasteiger partial charge in [0.05, 0.1) is 13.2 Å². The summed E-state index contributed by atoms with van der Waals surface area (Å²) >= 11 is 0. The molecule has 9 nitrogen and oxygen atoms in total. The maximum atomic E-state index is 5.74. The van der Waals surface area contributed by atoms with Gasteiger partial charge in [0.25, 0.3) is 0 Å². The van der Waals surface area contributed by atoms with Crippen LogP contribution in [0.3, 0.4) is 0 Å². The van der Waals surface area contributed by atoms with Crippen molar-refractivity contribution in [2.45, 2.75) is 19.3 Å². The van der Waals surface area contributed by atoms with Gasteiger partial charge in [0, 0.05) is 77.8 Å². The van der Waals surface area contributed by atoms with Gasteiger partial charge in [0.1, 0.15) is 0 Å². The van der Waals surface area contributed by atoms with Crippen LogP contribution in [-0.4, -0.2) is 100 Å². The number of nitrogens with one attached hydrogen (secondary N) is 2. The fourth-order valence-corrected chi connectivity index (χ4v) is 3.70. The average Bonchev–Trinajstić information content (AvgIpc) is 3.32. The summed E-state index contributed by atoms with van der Waals surface area (Å²) in [7, 11) is 1.82. The van der Waals surface area contributed by atoms with Gasteiger partial charge in [-0.3, -0.25) is 9.89 Å². The van der Waals surface area contributed by atoms with Gasteiger partial charge in [-0.15, -0.1) is 0 Å². The molecule has 0 aromatic carbocycles. The number of piperazine rings is 1. The second kappa shape index (κ2) is 13.4. The molecule has 0 radical (unpaired) electrons. The van der Waals surface area contributed by atoms with Crippen LogP contribution >= 0.6 is 0 Å². The van der Waals surface area contributed by atoms with E-state index in [2.05, 4.69) is 35.4 Å². The van der Waals surface area contributed by atoms with Crippen LogP contribution in [0.1, 0.15) is 19.3 Å². The number of anilines is 1. The lowest BCUT2D eigenvalue weighted by molar-refractivity contribution is 0.0888. The zero-order valence-corrected chi connectivity index (χ0v) is 18.3. The van der Waals surface area contributed by atoms with Gasteiger partial charge in [-0.25, -0.2) is 9.97 Å². The SMILES string of the molecule is CN=C(NCCCOCC1CCOC1)NCCCN1CCN(c2ncccn2)CC1. The molecule has 1 aromatic rings. The zero-order chi connectivity index (χ0) is 20.9. The van der Waals surface area contributed by atoms with Crippen molar-refractivity contribution in [1.29, 1.82) is 0 Å². The van der Waals surface area contributed by atoms with Gasteiger partial charge < -0.3 is 25.0 Å². The molecule has 1 aromatic heterocycles. The molecule has 2 aliphatic rings. The van der Waals surface area contributed by atoms with E-state index in [1.54, 1.807) is 12.4 Å². The van der Waals surface area contributed by atoms with E-state index < -0.39 is 0 Å². The molecule has 3 rings (SSSR count). The number of ether oxygens (including phenoxy) is 2. The molecule has 3 heterocycles. The number of guanidine groups is 1. The van der Waals surface area contributed by atoms with Gasteiger partial charge in [0.15, 0.2) is 5.96 Å². The zero-order valence-electron chi connectivity index (χ0n) is 18.3. The van der Waals surface area contributed by atoms with Crippen LogP contribution in [-0.2, 0) is 9.47 Å². The third-order valence-electron chi connectivity index (χ3n) is 5.51. The monoisotopic (exact) mass is 419 g/mol. The number of hydrogen-bond donors (Lipinski definition) is 2. The van der Waals surface area contributed by atoms with Crippen molar-refractivity contribution in [3.8, 4) is 0 Å². The molecule has 2 saturated heterocycles. The lowest BCUT2D eigenvalue weighted by atomic mass is 10.1. The third kappa shape index (κ3) is 8.04. The molecule has 0 aliphatic carbocycles. The molecule has 1 unspecified atom stereocenters. The molecule has 0 spiro atoms. The number of aliphatic imine (C=N–C) groups is 1. The normalized spacial score (nSPS) is 20.5. The molecule has 9 heteroatoms. The molecule has 2 N–H and O–H groups in total. The molecule has 1 atom stereocenters. The van der Waals surface area contributed by atoms with Crippen molar-refractivity contribution in [2.24, 2.45) is 10.9 Å². The lowest BCUT2D eigenvalue weighted by Gasteiger charge is -2.34. The van der Waals surface area contributed by atoms with E-state index in [4.69, 9.17) is 9.47 Å². The summed E-state index contributed by atoms with van der Waals surface area (Å²) in [6.07, 6.45) is 6.81. The lowest BCUT2D eigenvalue weighted by Crippen LogP contribution is -2.47. The highest BCUT2D eigenvalue weighted by Gasteiger charge is 2.18. The summed E-state index contributed by atoms with van der Waals surface area (Å²) in [6.45, 7) is 10.3. The average molecular weight is 420 g/mol.